The van der Waals surface area contributed by atoms with Crippen LogP contribution in [0.15, 0.2) is 60.2 Å². The van der Waals surface area contributed by atoms with Crippen LogP contribution in [0.25, 0.3) is 5.76 Å². The molecule has 0 saturated carbocycles. The van der Waals surface area contributed by atoms with E-state index in [9.17, 15) is 14.7 Å². The normalized spacial score (nSPS) is 18.3. The quantitative estimate of drug-likeness (QED) is 0.276. The van der Waals surface area contributed by atoms with Gasteiger partial charge in [0.2, 0.25) is 0 Å². The standard InChI is InChI=1S/C29H27ClN2O6/c1-16-19(30)6-5-7-20(16)32-26(17-8-11-23(36-3)24(15-17)37-4)25(28(34)29(32)35)27(33)18-9-10-22-21(14-18)31(2)12-13-38-22/h5-11,14-15,26,33H,12-13H2,1-4H3/b27-25+. The molecule has 3 aromatic rings. The van der Waals surface area contributed by atoms with Crippen LogP contribution in [0, 0.1) is 6.92 Å². The second kappa shape index (κ2) is 9.95. The van der Waals surface area contributed by atoms with E-state index in [0.29, 0.717) is 57.8 Å². The number of Topliss-reactive ketones (excluding diaryl/α,β-unsaturated/α-hetero) is 1. The summed E-state index contributed by atoms with van der Waals surface area (Å²) in [7, 11) is 4.96. The van der Waals surface area contributed by atoms with Gasteiger partial charge in [0, 0.05) is 23.3 Å². The number of aliphatic hydroxyl groups excluding tert-OH is 1. The third kappa shape index (κ3) is 4.11. The maximum Gasteiger partial charge on any atom is 0.300 e. The average molecular weight is 535 g/mol. The summed E-state index contributed by atoms with van der Waals surface area (Å²) in [6, 6.07) is 14.5. The second-order valence-corrected chi connectivity index (χ2v) is 9.53. The Morgan fingerprint density at radius 3 is 2.53 bits per heavy atom. The van der Waals surface area contributed by atoms with Crippen molar-refractivity contribution in [2.45, 2.75) is 13.0 Å². The number of nitrogens with zero attached hydrogens (tertiary/aromatic N) is 2. The van der Waals surface area contributed by atoms with Gasteiger partial charge in [-0.05, 0) is 60.5 Å². The summed E-state index contributed by atoms with van der Waals surface area (Å²) in [6.45, 7) is 3.02. The minimum absolute atomic E-state index is 0.0408. The fourth-order valence-corrected chi connectivity index (χ4v) is 5.10. The van der Waals surface area contributed by atoms with Crippen molar-refractivity contribution >= 4 is 40.4 Å². The Balaban J connectivity index is 1.75. The zero-order valence-corrected chi connectivity index (χ0v) is 22.2. The molecule has 1 N–H and O–H groups in total. The Morgan fingerprint density at radius 2 is 1.79 bits per heavy atom. The molecule has 0 spiro atoms. The molecule has 196 valence electrons. The zero-order chi connectivity index (χ0) is 27.1. The van der Waals surface area contributed by atoms with Gasteiger partial charge < -0.3 is 24.2 Å². The Morgan fingerprint density at radius 1 is 1.03 bits per heavy atom. The van der Waals surface area contributed by atoms with Gasteiger partial charge in [-0.1, -0.05) is 23.7 Å². The number of likely N-dealkylation sites (N-methyl/N-ethyl adjacent to an activating group) is 1. The van der Waals surface area contributed by atoms with E-state index < -0.39 is 17.7 Å². The molecule has 1 saturated heterocycles. The van der Waals surface area contributed by atoms with Gasteiger partial charge in [0.15, 0.2) is 11.5 Å². The number of fused-ring (bicyclic) bond motifs is 1. The number of halogens is 1. The van der Waals surface area contributed by atoms with E-state index in [-0.39, 0.29) is 11.3 Å². The number of carbonyl (C=O) groups excluding carboxylic acids is 2. The second-order valence-electron chi connectivity index (χ2n) is 9.12. The van der Waals surface area contributed by atoms with Crippen LogP contribution < -0.4 is 24.0 Å². The summed E-state index contributed by atoms with van der Waals surface area (Å²) in [6.07, 6.45) is 0. The summed E-state index contributed by atoms with van der Waals surface area (Å²) in [4.78, 5) is 30.5. The highest BCUT2D eigenvalue weighted by atomic mass is 35.5. The molecule has 1 fully saturated rings. The van der Waals surface area contributed by atoms with Crippen molar-refractivity contribution in [3.63, 3.8) is 0 Å². The fourth-order valence-electron chi connectivity index (χ4n) is 4.93. The molecule has 1 atom stereocenters. The average Bonchev–Trinajstić information content (AvgIpc) is 3.19. The molecule has 3 aromatic carbocycles. The molecule has 8 nitrogen and oxygen atoms in total. The van der Waals surface area contributed by atoms with Gasteiger partial charge in [0.25, 0.3) is 11.7 Å². The highest BCUT2D eigenvalue weighted by Gasteiger charge is 2.47. The summed E-state index contributed by atoms with van der Waals surface area (Å²) in [5, 5.41) is 12.0. The van der Waals surface area contributed by atoms with E-state index in [1.807, 2.05) is 11.9 Å². The summed E-state index contributed by atoms with van der Waals surface area (Å²) >= 11 is 6.40. The number of methoxy groups -OCH3 is 2. The van der Waals surface area contributed by atoms with E-state index in [1.165, 1.54) is 19.1 Å². The SMILES string of the molecule is COc1ccc(C2/C(=C(\O)c3ccc4c(c3)N(C)CCO4)C(=O)C(=O)N2c2cccc(Cl)c2C)cc1OC. The van der Waals surface area contributed by atoms with Crippen LogP contribution >= 0.6 is 11.6 Å². The third-order valence-corrected chi connectivity index (χ3v) is 7.40. The van der Waals surface area contributed by atoms with Crippen LogP contribution in [0.4, 0.5) is 11.4 Å². The maximum absolute atomic E-state index is 13.6. The molecule has 2 aliphatic heterocycles. The molecule has 9 heteroatoms. The topological polar surface area (TPSA) is 88.5 Å². The van der Waals surface area contributed by atoms with Crippen molar-refractivity contribution < 1.29 is 28.9 Å². The van der Waals surface area contributed by atoms with Gasteiger partial charge in [-0.2, -0.15) is 0 Å². The first-order valence-electron chi connectivity index (χ1n) is 12.0. The summed E-state index contributed by atoms with van der Waals surface area (Å²) in [5.41, 5.74) is 2.79. The van der Waals surface area contributed by atoms with Crippen LogP contribution in [0.1, 0.15) is 22.7 Å². The lowest BCUT2D eigenvalue weighted by Gasteiger charge is -2.29. The number of amides is 1. The fraction of sp³-hybridized carbons (Fsp3) is 0.241. The van der Waals surface area contributed by atoms with E-state index in [4.69, 9.17) is 25.8 Å². The van der Waals surface area contributed by atoms with E-state index in [2.05, 4.69) is 0 Å². The van der Waals surface area contributed by atoms with Crippen molar-refractivity contribution in [1.29, 1.82) is 0 Å². The zero-order valence-electron chi connectivity index (χ0n) is 21.4. The maximum atomic E-state index is 13.6. The Labute approximate surface area is 225 Å². The first-order chi connectivity index (χ1) is 18.3. The molecule has 2 aliphatic rings. The monoisotopic (exact) mass is 534 g/mol. The minimum atomic E-state index is -0.947. The smallest absolute Gasteiger partial charge is 0.300 e. The van der Waals surface area contributed by atoms with Crippen molar-refractivity contribution in [2.75, 3.05) is 44.2 Å². The first-order valence-corrected chi connectivity index (χ1v) is 12.4. The van der Waals surface area contributed by atoms with Gasteiger partial charge in [-0.25, -0.2) is 0 Å². The number of anilines is 2. The lowest BCUT2D eigenvalue weighted by atomic mass is 9.94. The minimum Gasteiger partial charge on any atom is -0.507 e. The Kier molecular flexibility index (Phi) is 6.67. The lowest BCUT2D eigenvalue weighted by molar-refractivity contribution is -0.132. The number of ketones is 1. The number of carbonyl (C=O) groups is 2. The number of ether oxygens (including phenoxy) is 3. The number of hydrogen-bond acceptors (Lipinski definition) is 7. The largest absolute Gasteiger partial charge is 0.507 e. The highest BCUT2D eigenvalue weighted by molar-refractivity contribution is 6.52. The van der Waals surface area contributed by atoms with Crippen LogP contribution in [-0.2, 0) is 9.59 Å². The molecule has 0 aliphatic carbocycles. The van der Waals surface area contributed by atoms with Gasteiger partial charge >= 0.3 is 0 Å². The van der Waals surface area contributed by atoms with Gasteiger partial charge in [0.05, 0.1) is 38.1 Å². The van der Waals surface area contributed by atoms with Crippen molar-refractivity contribution in [3.05, 3.63) is 81.9 Å². The summed E-state index contributed by atoms with van der Waals surface area (Å²) < 4.78 is 16.6. The number of benzene rings is 3. The number of hydrogen-bond donors (Lipinski definition) is 1. The Hall–Kier alpha value is -4.17. The first kappa shape index (κ1) is 25.5. The summed E-state index contributed by atoms with van der Waals surface area (Å²) in [5.74, 6) is -0.260. The molecular weight excluding hydrogens is 508 g/mol. The van der Waals surface area contributed by atoms with Crippen LogP contribution in [0.3, 0.4) is 0 Å². The van der Waals surface area contributed by atoms with Crippen LogP contribution in [-0.4, -0.2) is 51.2 Å². The number of rotatable bonds is 5. The van der Waals surface area contributed by atoms with Gasteiger partial charge in [-0.3, -0.25) is 14.5 Å². The molecule has 0 aromatic heterocycles. The molecule has 38 heavy (non-hydrogen) atoms. The van der Waals surface area contributed by atoms with Crippen LogP contribution in [0.5, 0.6) is 17.2 Å². The Bertz CT molecular complexity index is 1480. The highest BCUT2D eigenvalue weighted by Crippen LogP contribution is 2.46. The van der Waals surface area contributed by atoms with E-state index in [0.717, 1.165) is 5.69 Å². The van der Waals surface area contributed by atoms with Crippen molar-refractivity contribution in [1.82, 2.24) is 0 Å². The van der Waals surface area contributed by atoms with Crippen molar-refractivity contribution in [3.8, 4) is 17.2 Å². The molecular formula is C29H27ClN2O6. The predicted octanol–water partition coefficient (Wildman–Crippen LogP) is 5.12. The third-order valence-electron chi connectivity index (χ3n) is 6.99. The van der Waals surface area contributed by atoms with Crippen molar-refractivity contribution in [2.24, 2.45) is 0 Å². The van der Waals surface area contributed by atoms with Crippen LogP contribution in [0.2, 0.25) is 5.02 Å². The van der Waals surface area contributed by atoms with E-state index >= 15 is 0 Å². The number of aliphatic hydroxyl groups is 1. The molecule has 1 amide bonds. The molecule has 0 radical (unpaired) electrons. The lowest BCUT2D eigenvalue weighted by Crippen LogP contribution is -2.30. The molecule has 0 bridgehead atoms. The van der Waals surface area contributed by atoms with E-state index in [1.54, 1.807) is 61.5 Å². The van der Waals surface area contributed by atoms with Gasteiger partial charge in [-0.15, -0.1) is 0 Å². The van der Waals surface area contributed by atoms with Gasteiger partial charge in [0.1, 0.15) is 18.1 Å². The molecule has 2 heterocycles. The predicted molar refractivity (Wildman–Crippen MR) is 146 cm³/mol. The molecule has 5 rings (SSSR count). The molecule has 1 unspecified atom stereocenters.